The minimum Gasteiger partial charge on any atom is -0.465 e. The van der Waals surface area contributed by atoms with Gasteiger partial charge in [0.2, 0.25) is 0 Å². The van der Waals surface area contributed by atoms with Crippen LogP contribution >= 0.6 is 11.3 Å². The Labute approximate surface area is 155 Å². The number of aryl methyl sites for hydroxylation is 1. The molecule has 6 heteroatoms. The molecular weight excluding hydrogens is 348 g/mol. The van der Waals surface area contributed by atoms with Gasteiger partial charge in [-0.05, 0) is 37.1 Å². The monoisotopic (exact) mass is 368 g/mol. The lowest BCUT2D eigenvalue weighted by Crippen LogP contribution is -2.23. The molecule has 2 aromatic carbocycles. The highest BCUT2D eigenvalue weighted by Crippen LogP contribution is 2.19. The van der Waals surface area contributed by atoms with E-state index >= 15 is 0 Å². The SMILES string of the molecule is CCOC(=O)Cn1c(=NC(=O)Cc2ccccc2)sc2cc(C)ccc21. The van der Waals surface area contributed by atoms with Crippen LogP contribution in [0.1, 0.15) is 18.1 Å². The van der Waals surface area contributed by atoms with Gasteiger partial charge in [0.15, 0.2) is 4.80 Å². The van der Waals surface area contributed by atoms with E-state index in [1.807, 2.05) is 55.5 Å². The number of esters is 1. The highest BCUT2D eigenvalue weighted by Gasteiger charge is 2.12. The van der Waals surface area contributed by atoms with Crippen molar-refractivity contribution < 1.29 is 14.3 Å². The molecule has 3 rings (SSSR count). The number of hydrogen-bond donors (Lipinski definition) is 0. The Kier molecular flexibility index (Phi) is 5.63. The van der Waals surface area contributed by atoms with Crippen LogP contribution in [0, 0.1) is 6.92 Å². The van der Waals surface area contributed by atoms with E-state index < -0.39 is 0 Å². The Morgan fingerprint density at radius 1 is 1.15 bits per heavy atom. The van der Waals surface area contributed by atoms with E-state index in [1.54, 1.807) is 11.5 Å². The maximum atomic E-state index is 12.4. The first-order valence-corrected chi connectivity index (χ1v) is 9.25. The van der Waals surface area contributed by atoms with E-state index in [0.29, 0.717) is 11.4 Å². The van der Waals surface area contributed by atoms with Crippen LogP contribution in [-0.4, -0.2) is 23.1 Å². The molecule has 0 aliphatic carbocycles. The average molecular weight is 368 g/mol. The number of carbonyl (C=O) groups excluding carboxylic acids is 2. The number of aromatic nitrogens is 1. The van der Waals surface area contributed by atoms with Crippen LogP contribution in [0.25, 0.3) is 10.2 Å². The molecule has 1 amide bonds. The smallest absolute Gasteiger partial charge is 0.326 e. The van der Waals surface area contributed by atoms with Crippen molar-refractivity contribution in [2.24, 2.45) is 4.99 Å². The number of benzene rings is 2. The third-order valence-electron chi connectivity index (χ3n) is 3.85. The Morgan fingerprint density at radius 2 is 1.92 bits per heavy atom. The van der Waals surface area contributed by atoms with E-state index in [0.717, 1.165) is 21.3 Å². The fraction of sp³-hybridized carbons (Fsp3) is 0.250. The quantitative estimate of drug-likeness (QED) is 0.650. The third kappa shape index (κ3) is 4.26. The van der Waals surface area contributed by atoms with Gasteiger partial charge in [-0.25, -0.2) is 0 Å². The Bertz CT molecular complexity index is 1000. The number of ether oxygens (including phenoxy) is 1. The molecule has 26 heavy (non-hydrogen) atoms. The summed E-state index contributed by atoms with van der Waals surface area (Å²) in [5.41, 5.74) is 2.90. The summed E-state index contributed by atoms with van der Waals surface area (Å²) in [5.74, 6) is -0.582. The number of thiazole rings is 1. The number of nitrogens with zero attached hydrogens (tertiary/aromatic N) is 2. The lowest BCUT2D eigenvalue weighted by Gasteiger charge is -2.05. The maximum absolute atomic E-state index is 12.4. The molecule has 0 unspecified atom stereocenters. The first-order valence-electron chi connectivity index (χ1n) is 8.44. The molecule has 0 N–H and O–H groups in total. The van der Waals surface area contributed by atoms with Crippen LogP contribution in [0.4, 0.5) is 0 Å². The molecule has 0 saturated carbocycles. The zero-order valence-corrected chi connectivity index (χ0v) is 15.6. The van der Waals surface area contributed by atoms with Gasteiger partial charge in [-0.15, -0.1) is 0 Å². The van der Waals surface area contributed by atoms with Crippen LogP contribution < -0.4 is 4.80 Å². The van der Waals surface area contributed by atoms with Crippen molar-refractivity contribution in [2.75, 3.05) is 6.61 Å². The standard InChI is InChI=1S/C20H20N2O3S/c1-3-25-19(24)13-22-16-10-9-14(2)11-17(16)26-20(22)21-18(23)12-15-7-5-4-6-8-15/h4-11H,3,12-13H2,1-2H3. The molecule has 0 bridgehead atoms. The second-order valence-electron chi connectivity index (χ2n) is 5.91. The second kappa shape index (κ2) is 8.10. The van der Waals surface area contributed by atoms with Crippen molar-refractivity contribution >= 4 is 33.4 Å². The van der Waals surface area contributed by atoms with Crippen molar-refractivity contribution in [3.8, 4) is 0 Å². The molecule has 0 atom stereocenters. The normalized spacial score (nSPS) is 11.7. The number of rotatable bonds is 5. The minimum atomic E-state index is -0.343. The fourth-order valence-electron chi connectivity index (χ4n) is 2.67. The Hall–Kier alpha value is -2.73. The number of amides is 1. The van der Waals surface area contributed by atoms with Crippen LogP contribution in [-0.2, 0) is 27.3 Å². The van der Waals surface area contributed by atoms with E-state index in [9.17, 15) is 9.59 Å². The molecule has 0 saturated heterocycles. The van der Waals surface area contributed by atoms with Crippen LogP contribution in [0.3, 0.4) is 0 Å². The molecule has 0 aliphatic heterocycles. The molecule has 0 fully saturated rings. The highest BCUT2D eigenvalue weighted by atomic mass is 32.1. The molecule has 1 aromatic heterocycles. The molecule has 0 spiro atoms. The van der Waals surface area contributed by atoms with Gasteiger partial charge in [-0.1, -0.05) is 47.7 Å². The summed E-state index contributed by atoms with van der Waals surface area (Å²) < 4.78 is 7.80. The van der Waals surface area contributed by atoms with Crippen molar-refractivity contribution in [3.63, 3.8) is 0 Å². The number of carbonyl (C=O) groups is 2. The summed E-state index contributed by atoms with van der Waals surface area (Å²) in [6, 6.07) is 15.4. The van der Waals surface area contributed by atoms with Crippen molar-refractivity contribution in [1.29, 1.82) is 0 Å². The Morgan fingerprint density at radius 3 is 2.65 bits per heavy atom. The minimum absolute atomic E-state index is 0.0361. The molecule has 3 aromatic rings. The lowest BCUT2D eigenvalue weighted by atomic mass is 10.1. The van der Waals surface area contributed by atoms with Gasteiger partial charge in [-0.2, -0.15) is 4.99 Å². The van der Waals surface area contributed by atoms with Crippen LogP contribution in [0.2, 0.25) is 0 Å². The second-order valence-corrected chi connectivity index (χ2v) is 6.92. The summed E-state index contributed by atoms with van der Waals surface area (Å²) in [6.07, 6.45) is 0.230. The van der Waals surface area contributed by atoms with Gasteiger partial charge in [0, 0.05) is 0 Å². The number of fused-ring (bicyclic) bond motifs is 1. The molecule has 134 valence electrons. The first-order chi connectivity index (χ1) is 12.6. The molecule has 0 radical (unpaired) electrons. The van der Waals surface area contributed by atoms with E-state index in [2.05, 4.69) is 4.99 Å². The van der Waals surface area contributed by atoms with Gasteiger partial charge >= 0.3 is 5.97 Å². The largest absolute Gasteiger partial charge is 0.465 e. The van der Waals surface area contributed by atoms with Crippen LogP contribution in [0.5, 0.6) is 0 Å². The zero-order chi connectivity index (χ0) is 18.5. The van der Waals surface area contributed by atoms with E-state index in [4.69, 9.17) is 4.74 Å². The molecule has 1 heterocycles. The summed E-state index contributed by atoms with van der Waals surface area (Å²) in [7, 11) is 0. The van der Waals surface area contributed by atoms with Crippen molar-refractivity contribution in [1.82, 2.24) is 4.57 Å². The van der Waals surface area contributed by atoms with Gasteiger partial charge < -0.3 is 9.30 Å². The summed E-state index contributed by atoms with van der Waals surface area (Å²) >= 11 is 1.40. The maximum Gasteiger partial charge on any atom is 0.326 e. The topological polar surface area (TPSA) is 60.7 Å². The average Bonchev–Trinajstić information content (AvgIpc) is 2.92. The molecule has 0 aliphatic rings. The predicted octanol–water partition coefficient (Wildman–Crippen LogP) is 3.24. The number of hydrogen-bond acceptors (Lipinski definition) is 4. The molecule has 5 nitrogen and oxygen atoms in total. The van der Waals surface area contributed by atoms with Crippen molar-refractivity contribution in [3.05, 3.63) is 64.5 Å². The first kappa shape index (κ1) is 18.1. The Balaban J connectivity index is 2.00. The predicted molar refractivity (Wildman–Crippen MR) is 102 cm³/mol. The van der Waals surface area contributed by atoms with Crippen molar-refractivity contribution in [2.45, 2.75) is 26.8 Å². The van der Waals surface area contributed by atoms with Gasteiger partial charge in [0.1, 0.15) is 6.54 Å². The van der Waals surface area contributed by atoms with Gasteiger partial charge in [0.25, 0.3) is 5.91 Å². The highest BCUT2D eigenvalue weighted by molar-refractivity contribution is 7.16. The zero-order valence-electron chi connectivity index (χ0n) is 14.8. The van der Waals surface area contributed by atoms with E-state index in [-0.39, 0.29) is 24.8 Å². The lowest BCUT2D eigenvalue weighted by molar-refractivity contribution is -0.143. The summed E-state index contributed by atoms with van der Waals surface area (Å²) in [4.78, 5) is 29.2. The van der Waals surface area contributed by atoms with Gasteiger partial charge in [0.05, 0.1) is 23.2 Å². The summed E-state index contributed by atoms with van der Waals surface area (Å²) in [6.45, 7) is 4.13. The van der Waals surface area contributed by atoms with Crippen LogP contribution in [0.15, 0.2) is 53.5 Å². The molecular formula is C20H20N2O3S. The van der Waals surface area contributed by atoms with Gasteiger partial charge in [-0.3, -0.25) is 9.59 Å². The summed E-state index contributed by atoms with van der Waals surface area (Å²) in [5, 5.41) is 0. The fourth-order valence-corrected chi connectivity index (χ4v) is 3.82. The third-order valence-corrected chi connectivity index (χ3v) is 4.89. The van der Waals surface area contributed by atoms with E-state index in [1.165, 1.54) is 11.3 Å².